The molecule has 2 fully saturated rings. The number of nitrogens with one attached hydrogen (secondary N) is 1. The highest BCUT2D eigenvalue weighted by molar-refractivity contribution is 7.99. The van der Waals surface area contributed by atoms with Crippen molar-refractivity contribution in [3.63, 3.8) is 0 Å². The fourth-order valence-corrected chi connectivity index (χ4v) is 4.21. The molecule has 0 aromatic heterocycles. The molecule has 132 valence electrons. The lowest BCUT2D eigenvalue weighted by molar-refractivity contribution is -0.143. The second-order valence-corrected chi connectivity index (χ2v) is 8.09. The maximum atomic E-state index is 12.7. The average Bonchev–Trinajstić information content (AvgIpc) is 3.02. The van der Waals surface area contributed by atoms with Gasteiger partial charge in [0.1, 0.15) is 6.04 Å². The summed E-state index contributed by atoms with van der Waals surface area (Å²) < 4.78 is 5.33. The van der Waals surface area contributed by atoms with Crippen LogP contribution >= 0.6 is 11.8 Å². The predicted molar refractivity (Wildman–Crippen MR) is 93.2 cm³/mol. The van der Waals surface area contributed by atoms with Gasteiger partial charge in [-0.15, -0.1) is 11.8 Å². The molecular weight excluding hydrogens is 312 g/mol. The van der Waals surface area contributed by atoms with Crippen molar-refractivity contribution in [2.75, 3.05) is 24.8 Å². The first kappa shape index (κ1) is 18.6. The molecule has 0 aliphatic carbocycles. The van der Waals surface area contributed by atoms with E-state index in [0.29, 0.717) is 30.8 Å². The Morgan fingerprint density at radius 1 is 1.22 bits per heavy atom. The standard InChI is InChI=1S/C17H30N2O3S/c1-12(2)4-5-13(3)18-16(20)15-10-23-11-19(15)17(21)14-6-8-22-9-7-14/h12-15H,4-11H2,1-3H3,(H,18,20). The fourth-order valence-electron chi connectivity index (χ4n) is 3.05. The normalized spacial score (nSPS) is 24.0. The van der Waals surface area contributed by atoms with Crippen molar-refractivity contribution in [3.05, 3.63) is 0 Å². The van der Waals surface area contributed by atoms with Gasteiger partial charge in [0.05, 0.1) is 5.88 Å². The number of rotatable bonds is 6. The number of amides is 2. The van der Waals surface area contributed by atoms with Crippen molar-refractivity contribution in [2.45, 2.75) is 58.5 Å². The third-order valence-corrected chi connectivity index (χ3v) is 5.62. The SMILES string of the molecule is CC(C)CCC(C)NC(=O)C1CSCN1C(=O)C1CCOCC1. The summed E-state index contributed by atoms with van der Waals surface area (Å²) in [7, 11) is 0. The van der Waals surface area contributed by atoms with E-state index in [2.05, 4.69) is 19.2 Å². The molecule has 2 aliphatic rings. The Kier molecular flexibility index (Phi) is 7.21. The van der Waals surface area contributed by atoms with Crippen molar-refractivity contribution in [1.29, 1.82) is 0 Å². The molecule has 2 heterocycles. The van der Waals surface area contributed by atoms with Crippen LogP contribution in [0.25, 0.3) is 0 Å². The monoisotopic (exact) mass is 342 g/mol. The van der Waals surface area contributed by atoms with Gasteiger partial charge in [0.25, 0.3) is 0 Å². The van der Waals surface area contributed by atoms with E-state index in [1.807, 2.05) is 6.92 Å². The van der Waals surface area contributed by atoms with Crippen LogP contribution in [0.2, 0.25) is 0 Å². The van der Waals surface area contributed by atoms with Crippen molar-refractivity contribution < 1.29 is 14.3 Å². The summed E-state index contributed by atoms with van der Waals surface area (Å²) in [5.41, 5.74) is 0. The summed E-state index contributed by atoms with van der Waals surface area (Å²) >= 11 is 1.67. The second kappa shape index (κ2) is 8.92. The number of thioether (sulfide) groups is 1. The molecule has 0 radical (unpaired) electrons. The Hall–Kier alpha value is -0.750. The molecule has 2 atom stereocenters. The molecule has 0 bridgehead atoms. The van der Waals surface area contributed by atoms with Crippen LogP contribution in [-0.2, 0) is 14.3 Å². The summed E-state index contributed by atoms with van der Waals surface area (Å²) in [5.74, 6) is 2.14. The van der Waals surface area contributed by atoms with Gasteiger partial charge in [-0.05, 0) is 38.5 Å². The molecule has 1 N–H and O–H groups in total. The first-order valence-electron chi connectivity index (χ1n) is 8.75. The van der Waals surface area contributed by atoms with Gasteiger partial charge in [0, 0.05) is 30.9 Å². The summed E-state index contributed by atoms with van der Waals surface area (Å²) in [6.45, 7) is 7.74. The summed E-state index contributed by atoms with van der Waals surface area (Å²) in [6, 6.07) is -0.146. The minimum absolute atomic E-state index is 0.00617. The molecular formula is C17H30N2O3S. The van der Waals surface area contributed by atoms with Crippen LogP contribution in [0.15, 0.2) is 0 Å². The maximum absolute atomic E-state index is 12.7. The molecule has 2 amide bonds. The van der Waals surface area contributed by atoms with Gasteiger partial charge in [-0.2, -0.15) is 0 Å². The molecule has 23 heavy (non-hydrogen) atoms. The zero-order valence-electron chi connectivity index (χ0n) is 14.5. The van der Waals surface area contributed by atoms with Crippen molar-refractivity contribution >= 4 is 23.6 Å². The third-order valence-electron chi connectivity index (χ3n) is 4.60. The van der Waals surface area contributed by atoms with E-state index >= 15 is 0 Å². The van der Waals surface area contributed by atoms with Gasteiger partial charge in [-0.1, -0.05) is 13.8 Å². The fraction of sp³-hybridized carbons (Fsp3) is 0.882. The molecule has 6 heteroatoms. The first-order valence-corrected chi connectivity index (χ1v) is 9.91. The molecule has 0 aromatic carbocycles. The second-order valence-electron chi connectivity index (χ2n) is 7.09. The molecule has 2 unspecified atom stereocenters. The lowest BCUT2D eigenvalue weighted by atomic mass is 9.98. The molecule has 5 nitrogen and oxygen atoms in total. The Morgan fingerprint density at radius 2 is 1.91 bits per heavy atom. The molecule has 0 spiro atoms. The van der Waals surface area contributed by atoms with Gasteiger partial charge < -0.3 is 15.0 Å². The predicted octanol–water partition coefficient (Wildman–Crippen LogP) is 2.26. The minimum Gasteiger partial charge on any atom is -0.381 e. The van der Waals surface area contributed by atoms with E-state index in [0.717, 1.165) is 25.7 Å². The quantitative estimate of drug-likeness (QED) is 0.804. The van der Waals surface area contributed by atoms with Crippen LogP contribution in [0.1, 0.15) is 46.5 Å². The first-order chi connectivity index (χ1) is 11.0. The molecule has 2 saturated heterocycles. The van der Waals surface area contributed by atoms with E-state index in [1.165, 1.54) is 0 Å². The highest BCUT2D eigenvalue weighted by Crippen LogP contribution is 2.26. The van der Waals surface area contributed by atoms with Gasteiger partial charge in [0.15, 0.2) is 0 Å². The zero-order valence-corrected chi connectivity index (χ0v) is 15.4. The number of hydrogen-bond acceptors (Lipinski definition) is 4. The van der Waals surface area contributed by atoms with E-state index in [1.54, 1.807) is 16.7 Å². The van der Waals surface area contributed by atoms with Crippen LogP contribution in [0, 0.1) is 11.8 Å². The van der Waals surface area contributed by atoms with Crippen LogP contribution in [0.4, 0.5) is 0 Å². The molecule has 0 saturated carbocycles. The van der Waals surface area contributed by atoms with E-state index in [9.17, 15) is 9.59 Å². The van der Waals surface area contributed by atoms with Gasteiger partial charge in [-0.3, -0.25) is 9.59 Å². The summed E-state index contributed by atoms with van der Waals surface area (Å²) in [4.78, 5) is 27.0. The average molecular weight is 343 g/mol. The minimum atomic E-state index is -0.308. The lowest BCUT2D eigenvalue weighted by Gasteiger charge is -2.30. The van der Waals surface area contributed by atoms with Gasteiger partial charge in [-0.25, -0.2) is 0 Å². The van der Waals surface area contributed by atoms with Crippen molar-refractivity contribution in [2.24, 2.45) is 11.8 Å². The van der Waals surface area contributed by atoms with Crippen molar-refractivity contribution in [3.8, 4) is 0 Å². The third kappa shape index (κ3) is 5.38. The number of hydrogen-bond donors (Lipinski definition) is 1. The van der Waals surface area contributed by atoms with Crippen LogP contribution < -0.4 is 5.32 Å². The van der Waals surface area contributed by atoms with Crippen LogP contribution in [0.5, 0.6) is 0 Å². The van der Waals surface area contributed by atoms with Crippen LogP contribution in [0.3, 0.4) is 0 Å². The summed E-state index contributed by atoms with van der Waals surface area (Å²) in [5, 5.41) is 3.09. The Labute approximate surface area is 143 Å². The molecule has 0 aromatic rings. The zero-order chi connectivity index (χ0) is 16.8. The van der Waals surface area contributed by atoms with Crippen molar-refractivity contribution in [1.82, 2.24) is 10.2 Å². The van der Waals surface area contributed by atoms with E-state index < -0.39 is 0 Å². The number of carbonyl (C=O) groups excluding carboxylic acids is 2. The highest BCUT2D eigenvalue weighted by Gasteiger charge is 2.38. The maximum Gasteiger partial charge on any atom is 0.243 e. The number of ether oxygens (including phenoxy) is 1. The lowest BCUT2D eigenvalue weighted by Crippen LogP contribution is -2.51. The number of carbonyl (C=O) groups is 2. The largest absolute Gasteiger partial charge is 0.381 e. The number of nitrogens with zero attached hydrogens (tertiary/aromatic N) is 1. The topological polar surface area (TPSA) is 58.6 Å². The Morgan fingerprint density at radius 3 is 2.57 bits per heavy atom. The molecule has 2 rings (SSSR count). The van der Waals surface area contributed by atoms with Gasteiger partial charge in [0.2, 0.25) is 11.8 Å². The van der Waals surface area contributed by atoms with E-state index in [4.69, 9.17) is 4.74 Å². The highest BCUT2D eigenvalue weighted by atomic mass is 32.2. The molecule has 2 aliphatic heterocycles. The summed E-state index contributed by atoms with van der Waals surface area (Å²) in [6.07, 6.45) is 3.64. The Balaban J connectivity index is 1.87. The Bertz CT molecular complexity index is 411. The smallest absolute Gasteiger partial charge is 0.243 e. The van der Waals surface area contributed by atoms with Gasteiger partial charge >= 0.3 is 0 Å². The van der Waals surface area contributed by atoms with Crippen LogP contribution in [-0.4, -0.2) is 53.6 Å². The van der Waals surface area contributed by atoms with E-state index in [-0.39, 0.29) is 29.8 Å².